The van der Waals surface area contributed by atoms with Crippen LogP contribution < -0.4 is 5.73 Å². The number of aliphatic carboxylic acids is 1. The summed E-state index contributed by atoms with van der Waals surface area (Å²) in [4.78, 5) is 11.7. The Hall–Kier alpha value is -0.870. The number of carbonyl (C=O) groups is 1. The number of hydrogen-bond acceptors (Lipinski definition) is 3. The van der Waals surface area contributed by atoms with Gasteiger partial charge in [-0.15, -0.1) is 11.3 Å². The lowest BCUT2D eigenvalue weighted by Gasteiger charge is -2.29. The molecule has 3 nitrogen and oxygen atoms in total. The lowest BCUT2D eigenvalue weighted by Crippen LogP contribution is -2.30. The van der Waals surface area contributed by atoms with Gasteiger partial charge in [0, 0.05) is 10.9 Å². The van der Waals surface area contributed by atoms with E-state index in [9.17, 15) is 4.79 Å². The zero-order valence-electron chi connectivity index (χ0n) is 8.36. The van der Waals surface area contributed by atoms with E-state index in [1.54, 1.807) is 11.3 Å². The number of hydrogen-bond donors (Lipinski definition) is 2. The number of nitrogens with two attached hydrogens (primary N) is 1. The molecule has 0 spiro atoms. The van der Waals surface area contributed by atoms with E-state index in [-0.39, 0.29) is 12.5 Å². The van der Waals surface area contributed by atoms with E-state index >= 15 is 0 Å². The van der Waals surface area contributed by atoms with E-state index < -0.39 is 11.4 Å². The minimum Gasteiger partial charge on any atom is -0.481 e. The molecule has 0 radical (unpaired) electrons. The van der Waals surface area contributed by atoms with Crippen LogP contribution >= 0.6 is 11.3 Å². The molecule has 0 aliphatic carbocycles. The van der Waals surface area contributed by atoms with Crippen LogP contribution in [-0.2, 0) is 4.79 Å². The van der Waals surface area contributed by atoms with Crippen LogP contribution in [0.4, 0.5) is 0 Å². The summed E-state index contributed by atoms with van der Waals surface area (Å²) < 4.78 is 0. The Kier molecular flexibility index (Phi) is 3.29. The number of carboxylic acids is 1. The molecule has 1 aromatic rings. The summed E-state index contributed by atoms with van der Waals surface area (Å²) >= 11 is 1.57. The van der Waals surface area contributed by atoms with E-state index in [1.807, 2.05) is 31.4 Å². The van der Waals surface area contributed by atoms with Crippen molar-refractivity contribution in [3.63, 3.8) is 0 Å². The van der Waals surface area contributed by atoms with Crippen molar-refractivity contribution in [3.8, 4) is 0 Å². The molecular weight excluding hydrogens is 198 g/mol. The van der Waals surface area contributed by atoms with Crippen LogP contribution in [0.2, 0.25) is 0 Å². The Balaban J connectivity index is 2.77. The summed E-state index contributed by atoms with van der Waals surface area (Å²) in [5.41, 5.74) is 5.61. The molecule has 0 aliphatic rings. The molecule has 14 heavy (non-hydrogen) atoms. The molecule has 0 fully saturated rings. The maximum absolute atomic E-state index is 10.6. The second kappa shape index (κ2) is 4.11. The van der Waals surface area contributed by atoms with Crippen molar-refractivity contribution in [1.29, 1.82) is 0 Å². The van der Waals surface area contributed by atoms with Gasteiger partial charge in [0.25, 0.3) is 0 Å². The molecule has 1 aromatic heterocycles. The van der Waals surface area contributed by atoms with Gasteiger partial charge in [-0.2, -0.15) is 0 Å². The first-order chi connectivity index (χ1) is 6.43. The Labute approximate surface area is 87.6 Å². The SMILES string of the molecule is CC(C)(CC(=O)O)C(N)c1cccs1. The number of thiophene rings is 1. The highest BCUT2D eigenvalue weighted by molar-refractivity contribution is 7.10. The van der Waals surface area contributed by atoms with Gasteiger partial charge >= 0.3 is 5.97 Å². The summed E-state index contributed by atoms with van der Waals surface area (Å²) in [6.07, 6.45) is 0.0894. The largest absolute Gasteiger partial charge is 0.481 e. The van der Waals surface area contributed by atoms with E-state index in [0.29, 0.717) is 0 Å². The van der Waals surface area contributed by atoms with Crippen molar-refractivity contribution in [2.45, 2.75) is 26.3 Å². The molecule has 0 aliphatic heterocycles. The van der Waals surface area contributed by atoms with Crippen molar-refractivity contribution >= 4 is 17.3 Å². The molecule has 0 aromatic carbocycles. The van der Waals surface area contributed by atoms with Crippen LogP contribution in [0.5, 0.6) is 0 Å². The Morgan fingerprint density at radius 2 is 2.36 bits per heavy atom. The first kappa shape index (κ1) is 11.2. The zero-order chi connectivity index (χ0) is 10.8. The summed E-state index contributed by atoms with van der Waals surface area (Å²) in [6.45, 7) is 3.76. The van der Waals surface area contributed by atoms with Gasteiger partial charge in [0.15, 0.2) is 0 Å². The topological polar surface area (TPSA) is 63.3 Å². The van der Waals surface area contributed by atoms with Crippen molar-refractivity contribution in [2.75, 3.05) is 0 Å². The fourth-order valence-corrected chi connectivity index (χ4v) is 2.29. The minimum atomic E-state index is -0.804. The highest BCUT2D eigenvalue weighted by atomic mass is 32.1. The molecule has 3 N–H and O–H groups in total. The van der Waals surface area contributed by atoms with E-state index in [0.717, 1.165) is 4.88 Å². The fraction of sp³-hybridized carbons (Fsp3) is 0.500. The fourth-order valence-electron chi connectivity index (χ4n) is 1.35. The summed E-state index contributed by atoms with van der Waals surface area (Å²) in [5, 5.41) is 10.7. The van der Waals surface area contributed by atoms with Gasteiger partial charge in [0.05, 0.1) is 6.42 Å². The molecule has 0 saturated heterocycles. The van der Waals surface area contributed by atoms with Gasteiger partial charge in [0.2, 0.25) is 0 Å². The van der Waals surface area contributed by atoms with E-state index in [2.05, 4.69) is 0 Å². The molecule has 0 bridgehead atoms. The first-order valence-corrected chi connectivity index (χ1v) is 5.32. The van der Waals surface area contributed by atoms with Crippen molar-refractivity contribution < 1.29 is 9.90 Å². The maximum Gasteiger partial charge on any atom is 0.303 e. The lowest BCUT2D eigenvalue weighted by atomic mass is 9.81. The van der Waals surface area contributed by atoms with Crippen LogP contribution in [0.15, 0.2) is 17.5 Å². The summed E-state index contributed by atoms with van der Waals surface area (Å²) in [7, 11) is 0. The van der Waals surface area contributed by atoms with Crippen LogP contribution in [0.25, 0.3) is 0 Å². The second-order valence-corrected chi connectivity index (χ2v) is 5.03. The second-order valence-electron chi connectivity index (χ2n) is 4.05. The Bertz CT molecular complexity index is 306. The van der Waals surface area contributed by atoms with E-state index in [4.69, 9.17) is 10.8 Å². The number of rotatable bonds is 4. The zero-order valence-corrected chi connectivity index (χ0v) is 9.17. The highest BCUT2D eigenvalue weighted by Gasteiger charge is 2.30. The number of carboxylic acid groups (broad SMARTS) is 1. The van der Waals surface area contributed by atoms with Crippen LogP contribution in [0, 0.1) is 5.41 Å². The summed E-state index contributed by atoms with van der Waals surface area (Å²) in [6, 6.07) is 3.66. The third-order valence-electron chi connectivity index (χ3n) is 2.30. The Morgan fingerprint density at radius 1 is 1.71 bits per heavy atom. The smallest absolute Gasteiger partial charge is 0.303 e. The van der Waals surface area contributed by atoms with Crippen molar-refractivity contribution in [3.05, 3.63) is 22.4 Å². The molecule has 4 heteroatoms. The van der Waals surface area contributed by atoms with Crippen molar-refractivity contribution in [2.24, 2.45) is 11.1 Å². The molecule has 1 atom stereocenters. The maximum atomic E-state index is 10.6. The minimum absolute atomic E-state index is 0.0894. The van der Waals surface area contributed by atoms with Crippen LogP contribution in [0.3, 0.4) is 0 Å². The third kappa shape index (κ3) is 2.56. The average molecular weight is 213 g/mol. The predicted octanol–water partition coefficient (Wildman–Crippen LogP) is 2.25. The lowest BCUT2D eigenvalue weighted by molar-refractivity contribution is -0.139. The van der Waals surface area contributed by atoms with Crippen LogP contribution in [0.1, 0.15) is 31.2 Å². The molecule has 1 heterocycles. The van der Waals surface area contributed by atoms with E-state index in [1.165, 1.54) is 0 Å². The summed E-state index contributed by atoms with van der Waals surface area (Å²) in [5.74, 6) is -0.804. The first-order valence-electron chi connectivity index (χ1n) is 4.44. The van der Waals surface area contributed by atoms with Gasteiger partial charge in [-0.25, -0.2) is 0 Å². The molecule has 78 valence electrons. The molecule has 0 saturated carbocycles. The molecule has 1 unspecified atom stereocenters. The third-order valence-corrected chi connectivity index (χ3v) is 3.25. The molecular formula is C10H15NO2S. The molecule has 0 amide bonds. The Morgan fingerprint density at radius 3 is 2.79 bits per heavy atom. The van der Waals surface area contributed by atoms with Gasteiger partial charge in [-0.3, -0.25) is 4.79 Å². The van der Waals surface area contributed by atoms with Gasteiger partial charge in [-0.05, 0) is 16.9 Å². The highest BCUT2D eigenvalue weighted by Crippen LogP contribution is 2.36. The molecule has 1 rings (SSSR count). The van der Waals surface area contributed by atoms with Gasteiger partial charge in [-0.1, -0.05) is 19.9 Å². The normalized spacial score (nSPS) is 13.9. The van der Waals surface area contributed by atoms with Gasteiger partial charge in [0.1, 0.15) is 0 Å². The van der Waals surface area contributed by atoms with Crippen molar-refractivity contribution in [1.82, 2.24) is 0 Å². The van der Waals surface area contributed by atoms with Gasteiger partial charge < -0.3 is 10.8 Å². The quantitative estimate of drug-likeness (QED) is 0.806. The monoisotopic (exact) mass is 213 g/mol. The predicted molar refractivity (Wildman–Crippen MR) is 57.3 cm³/mol. The van der Waals surface area contributed by atoms with Crippen LogP contribution in [-0.4, -0.2) is 11.1 Å². The standard InChI is InChI=1S/C10H15NO2S/c1-10(2,6-8(12)13)9(11)7-4-3-5-14-7/h3-5,9H,6,11H2,1-2H3,(H,12,13). The average Bonchev–Trinajstić information content (AvgIpc) is 2.51.